The second-order valence-electron chi connectivity index (χ2n) is 5.53. The zero-order chi connectivity index (χ0) is 15.7. The fraction of sp³-hybridized carbons (Fsp3) is 0.467. The molecule has 1 aromatic carbocycles. The molecular weight excluding hydrogens is 354 g/mol. The first-order chi connectivity index (χ1) is 10.6. The van der Waals surface area contributed by atoms with Crippen LogP contribution < -0.4 is 10.1 Å². The van der Waals surface area contributed by atoms with Crippen LogP contribution in [-0.2, 0) is 14.3 Å². The van der Waals surface area contributed by atoms with Gasteiger partial charge in [-0.15, -0.1) is 0 Å². The molecule has 2 fully saturated rings. The highest BCUT2D eigenvalue weighted by Gasteiger charge is 2.57. The van der Waals surface area contributed by atoms with Crippen LogP contribution >= 0.6 is 15.9 Å². The van der Waals surface area contributed by atoms with Crippen molar-refractivity contribution in [2.45, 2.75) is 6.10 Å². The molecule has 2 aliphatic rings. The van der Waals surface area contributed by atoms with Gasteiger partial charge in [0.25, 0.3) is 0 Å². The Morgan fingerprint density at radius 2 is 1.95 bits per heavy atom. The minimum absolute atomic E-state index is 0.0316. The minimum Gasteiger partial charge on any atom is -0.478 e. The van der Waals surface area contributed by atoms with Gasteiger partial charge in [-0.25, -0.2) is 4.79 Å². The third-order valence-electron chi connectivity index (χ3n) is 4.08. The maximum Gasteiger partial charge on any atom is 0.346 e. The van der Waals surface area contributed by atoms with Gasteiger partial charge in [-0.3, -0.25) is 4.79 Å². The van der Waals surface area contributed by atoms with E-state index in [9.17, 15) is 14.7 Å². The molecule has 6 nitrogen and oxygen atoms in total. The Balaban J connectivity index is 1.52. The number of rotatable bonds is 6. The van der Waals surface area contributed by atoms with E-state index in [0.29, 0.717) is 30.8 Å². The smallest absolute Gasteiger partial charge is 0.346 e. The number of hydrogen-bond donors (Lipinski definition) is 2. The van der Waals surface area contributed by atoms with Crippen molar-refractivity contribution in [3.8, 4) is 5.75 Å². The second-order valence-corrected chi connectivity index (χ2v) is 6.45. The Hall–Kier alpha value is -1.60. The molecule has 1 aliphatic heterocycles. The maximum absolute atomic E-state index is 12.0. The van der Waals surface area contributed by atoms with Gasteiger partial charge in [0.1, 0.15) is 5.75 Å². The van der Waals surface area contributed by atoms with Gasteiger partial charge in [-0.1, -0.05) is 15.9 Å². The predicted octanol–water partition coefficient (Wildman–Crippen LogP) is 1.29. The fourth-order valence-corrected chi connectivity index (χ4v) is 3.06. The molecule has 118 valence electrons. The molecule has 0 radical (unpaired) electrons. The van der Waals surface area contributed by atoms with Crippen molar-refractivity contribution >= 4 is 27.8 Å². The number of carboxylic acids is 1. The van der Waals surface area contributed by atoms with Gasteiger partial charge in [0, 0.05) is 10.4 Å². The van der Waals surface area contributed by atoms with E-state index in [0.717, 1.165) is 4.47 Å². The number of hydrogen-bond acceptors (Lipinski definition) is 4. The average Bonchev–Trinajstić information content (AvgIpc) is 2.97. The molecule has 1 heterocycles. The third-order valence-corrected chi connectivity index (χ3v) is 4.61. The molecule has 4 atom stereocenters. The normalized spacial score (nSPS) is 26.9. The van der Waals surface area contributed by atoms with E-state index in [1.54, 1.807) is 24.3 Å². The highest BCUT2D eigenvalue weighted by Crippen LogP contribution is 2.50. The molecule has 3 rings (SSSR count). The summed E-state index contributed by atoms with van der Waals surface area (Å²) >= 11 is 3.30. The van der Waals surface area contributed by atoms with Crippen molar-refractivity contribution < 1.29 is 24.2 Å². The lowest BCUT2D eigenvalue weighted by Crippen LogP contribution is -2.41. The topological polar surface area (TPSA) is 84.9 Å². The van der Waals surface area contributed by atoms with Crippen molar-refractivity contribution in [3.63, 3.8) is 0 Å². The SMILES string of the molecule is O=C(O)C(CNC(=O)C1[C@H]2COC[C@@H]12)Oc1ccc(Br)cc1. The van der Waals surface area contributed by atoms with Crippen LogP contribution in [-0.4, -0.2) is 42.8 Å². The number of aliphatic carboxylic acids is 1. The Morgan fingerprint density at radius 3 is 2.55 bits per heavy atom. The van der Waals surface area contributed by atoms with E-state index in [1.807, 2.05) is 0 Å². The maximum atomic E-state index is 12.0. The molecule has 7 heteroatoms. The van der Waals surface area contributed by atoms with Gasteiger partial charge >= 0.3 is 5.97 Å². The monoisotopic (exact) mass is 369 g/mol. The largest absolute Gasteiger partial charge is 0.478 e. The summed E-state index contributed by atoms with van der Waals surface area (Å²) in [6, 6.07) is 6.87. The zero-order valence-corrected chi connectivity index (χ0v) is 13.3. The summed E-state index contributed by atoms with van der Waals surface area (Å²) in [7, 11) is 0. The van der Waals surface area contributed by atoms with Crippen molar-refractivity contribution in [2.24, 2.45) is 17.8 Å². The highest BCUT2D eigenvalue weighted by molar-refractivity contribution is 9.10. The molecule has 1 amide bonds. The standard InChI is InChI=1S/C15H16BrNO5/c16-8-1-3-9(4-2-8)22-12(15(19)20)5-17-14(18)13-10-6-21-7-11(10)13/h1-4,10-13H,5-7H2,(H,17,18)(H,19,20)/t10-,11+,12?,13?. The van der Waals surface area contributed by atoms with Crippen LogP contribution in [0.4, 0.5) is 0 Å². The first-order valence-electron chi connectivity index (χ1n) is 7.07. The molecule has 1 saturated carbocycles. The summed E-state index contributed by atoms with van der Waals surface area (Å²) in [6.07, 6.45) is -1.11. The molecule has 1 aliphatic carbocycles. The Morgan fingerprint density at radius 1 is 1.32 bits per heavy atom. The van der Waals surface area contributed by atoms with Crippen LogP contribution in [0.25, 0.3) is 0 Å². The number of halogens is 1. The summed E-state index contributed by atoms with van der Waals surface area (Å²) in [4.78, 5) is 23.3. The molecule has 0 aromatic heterocycles. The first kappa shape index (κ1) is 15.3. The lowest BCUT2D eigenvalue weighted by molar-refractivity contribution is -0.145. The molecular formula is C15H16BrNO5. The van der Waals surface area contributed by atoms with E-state index in [-0.39, 0.29) is 18.4 Å². The minimum atomic E-state index is -1.11. The van der Waals surface area contributed by atoms with Gasteiger partial charge in [0.05, 0.1) is 19.8 Å². The quantitative estimate of drug-likeness (QED) is 0.789. The van der Waals surface area contributed by atoms with Crippen molar-refractivity contribution in [3.05, 3.63) is 28.7 Å². The van der Waals surface area contributed by atoms with E-state index >= 15 is 0 Å². The number of amides is 1. The Kier molecular flexibility index (Phi) is 4.35. The molecule has 1 saturated heterocycles. The van der Waals surface area contributed by atoms with Gasteiger partial charge in [-0.2, -0.15) is 0 Å². The lowest BCUT2D eigenvalue weighted by Gasteiger charge is -2.16. The molecule has 2 unspecified atom stereocenters. The number of fused-ring (bicyclic) bond motifs is 1. The summed E-state index contributed by atoms with van der Waals surface area (Å²) in [5.74, 6) is -0.199. The van der Waals surface area contributed by atoms with Gasteiger partial charge in [0.15, 0.2) is 0 Å². The Labute approximate surface area is 135 Å². The lowest BCUT2D eigenvalue weighted by atomic mass is 10.2. The van der Waals surface area contributed by atoms with Gasteiger partial charge < -0.3 is 19.9 Å². The number of benzene rings is 1. The zero-order valence-electron chi connectivity index (χ0n) is 11.7. The Bertz CT molecular complexity index is 566. The molecule has 22 heavy (non-hydrogen) atoms. The molecule has 1 aromatic rings. The van der Waals surface area contributed by atoms with Crippen LogP contribution in [0.3, 0.4) is 0 Å². The summed E-state index contributed by atoms with van der Waals surface area (Å²) in [5, 5.41) is 11.9. The van der Waals surface area contributed by atoms with Crippen LogP contribution in [0.2, 0.25) is 0 Å². The summed E-state index contributed by atoms with van der Waals surface area (Å²) in [5.41, 5.74) is 0. The molecule has 0 spiro atoms. The number of carbonyl (C=O) groups is 2. The average molecular weight is 370 g/mol. The van der Waals surface area contributed by atoms with E-state index in [4.69, 9.17) is 9.47 Å². The number of ether oxygens (including phenoxy) is 2. The second kappa shape index (κ2) is 6.26. The molecule has 2 N–H and O–H groups in total. The first-order valence-corrected chi connectivity index (χ1v) is 7.86. The highest BCUT2D eigenvalue weighted by atomic mass is 79.9. The van der Waals surface area contributed by atoms with Gasteiger partial charge in [0.2, 0.25) is 12.0 Å². The number of carbonyl (C=O) groups excluding carboxylic acids is 1. The van der Waals surface area contributed by atoms with Crippen LogP contribution in [0.1, 0.15) is 0 Å². The number of nitrogens with one attached hydrogen (secondary N) is 1. The molecule has 0 bridgehead atoms. The number of carboxylic acid groups (broad SMARTS) is 1. The predicted molar refractivity (Wildman–Crippen MR) is 80.5 cm³/mol. The van der Waals surface area contributed by atoms with Gasteiger partial charge in [-0.05, 0) is 36.1 Å². The van der Waals surface area contributed by atoms with E-state index < -0.39 is 12.1 Å². The third kappa shape index (κ3) is 3.25. The van der Waals surface area contributed by atoms with E-state index in [2.05, 4.69) is 21.2 Å². The summed E-state index contributed by atoms with van der Waals surface area (Å²) < 4.78 is 11.5. The van der Waals surface area contributed by atoms with Crippen LogP contribution in [0.5, 0.6) is 5.75 Å². The van der Waals surface area contributed by atoms with Crippen molar-refractivity contribution in [2.75, 3.05) is 19.8 Å². The van der Waals surface area contributed by atoms with Crippen molar-refractivity contribution in [1.82, 2.24) is 5.32 Å². The van der Waals surface area contributed by atoms with E-state index in [1.165, 1.54) is 0 Å². The van der Waals surface area contributed by atoms with Crippen molar-refractivity contribution in [1.29, 1.82) is 0 Å². The van der Waals surface area contributed by atoms with Crippen LogP contribution in [0.15, 0.2) is 28.7 Å². The fourth-order valence-electron chi connectivity index (χ4n) is 2.80. The summed E-state index contributed by atoms with van der Waals surface area (Å²) in [6.45, 7) is 1.20. The van der Waals surface area contributed by atoms with Crippen LogP contribution in [0, 0.1) is 17.8 Å².